The second-order valence-electron chi connectivity index (χ2n) is 7.58. The molecule has 1 fully saturated rings. The number of hydrogen-bond acceptors (Lipinski definition) is 6. The van der Waals surface area contributed by atoms with E-state index in [1.165, 1.54) is 6.33 Å². The molecule has 170 valence electrons. The summed E-state index contributed by atoms with van der Waals surface area (Å²) in [6, 6.07) is 2.31. The van der Waals surface area contributed by atoms with Crippen molar-refractivity contribution in [2.24, 2.45) is 7.05 Å². The van der Waals surface area contributed by atoms with E-state index in [1.54, 1.807) is 17.8 Å². The Kier molecular flexibility index (Phi) is 5.95. The number of anilines is 2. The number of carbonyl (C=O) groups excluding carboxylic acids is 1. The summed E-state index contributed by atoms with van der Waals surface area (Å²) >= 11 is 6.00. The number of aromatic nitrogens is 4. The highest BCUT2D eigenvalue weighted by Gasteiger charge is 2.32. The van der Waals surface area contributed by atoms with Crippen LogP contribution in [0.25, 0.3) is 11.0 Å². The molecule has 1 N–H and O–H groups in total. The number of aryl methyl sites for hydroxylation is 1. The highest BCUT2D eigenvalue weighted by molar-refractivity contribution is 6.33. The smallest absolute Gasteiger partial charge is 0.353 e. The van der Waals surface area contributed by atoms with Crippen molar-refractivity contribution in [1.29, 1.82) is 0 Å². The van der Waals surface area contributed by atoms with Gasteiger partial charge in [-0.05, 0) is 25.1 Å². The van der Waals surface area contributed by atoms with Crippen molar-refractivity contribution in [2.75, 3.05) is 36.4 Å². The summed E-state index contributed by atoms with van der Waals surface area (Å²) < 4.78 is 40.6. The van der Waals surface area contributed by atoms with Gasteiger partial charge in [-0.2, -0.15) is 18.3 Å². The zero-order chi connectivity index (χ0) is 23.0. The molecule has 1 atom stereocenters. The lowest BCUT2D eigenvalue weighted by atomic mass is 10.1. The summed E-state index contributed by atoms with van der Waals surface area (Å²) in [7, 11) is 1.81. The molecule has 3 heterocycles. The molecule has 0 radical (unpaired) electrons. The quantitative estimate of drug-likeness (QED) is 0.635. The molecule has 1 amide bonds. The van der Waals surface area contributed by atoms with E-state index in [1.807, 2.05) is 11.9 Å². The van der Waals surface area contributed by atoms with Crippen molar-refractivity contribution in [3.63, 3.8) is 0 Å². The number of piperazine rings is 1. The first-order valence-electron chi connectivity index (χ1n) is 9.94. The number of fused-ring (bicyclic) bond motifs is 1. The molecule has 0 spiro atoms. The lowest BCUT2D eigenvalue weighted by Crippen LogP contribution is -2.53. The Labute approximate surface area is 187 Å². The van der Waals surface area contributed by atoms with Gasteiger partial charge in [0.1, 0.15) is 12.1 Å². The zero-order valence-corrected chi connectivity index (χ0v) is 18.2. The summed E-state index contributed by atoms with van der Waals surface area (Å²) in [4.78, 5) is 25.4. The second-order valence-corrected chi connectivity index (χ2v) is 7.99. The van der Waals surface area contributed by atoms with Crippen LogP contribution in [-0.2, 0) is 18.0 Å². The first-order valence-corrected chi connectivity index (χ1v) is 10.3. The third-order valence-electron chi connectivity index (χ3n) is 5.60. The maximum Gasteiger partial charge on any atom is 0.416 e. The fraction of sp³-hybridized carbons (Fsp3) is 0.400. The van der Waals surface area contributed by atoms with Crippen LogP contribution in [0.5, 0.6) is 0 Å². The first-order chi connectivity index (χ1) is 15.1. The van der Waals surface area contributed by atoms with E-state index in [0.717, 1.165) is 35.1 Å². The van der Waals surface area contributed by atoms with Gasteiger partial charge in [0.2, 0.25) is 5.91 Å². The van der Waals surface area contributed by atoms with Crippen LogP contribution in [0, 0.1) is 0 Å². The van der Waals surface area contributed by atoms with Gasteiger partial charge in [0.15, 0.2) is 5.65 Å². The summed E-state index contributed by atoms with van der Waals surface area (Å²) in [6.45, 7) is 4.13. The van der Waals surface area contributed by atoms with Crippen molar-refractivity contribution in [3.05, 3.63) is 41.3 Å². The molecule has 0 unspecified atom stereocenters. The van der Waals surface area contributed by atoms with Gasteiger partial charge in [-0.1, -0.05) is 11.6 Å². The van der Waals surface area contributed by atoms with Crippen LogP contribution in [-0.4, -0.2) is 62.8 Å². The number of nitrogens with zero attached hydrogens (tertiary/aromatic N) is 6. The molecule has 8 nitrogen and oxygen atoms in total. The number of amides is 1. The predicted octanol–water partition coefficient (Wildman–Crippen LogP) is 3.18. The van der Waals surface area contributed by atoms with Crippen LogP contribution in [0.15, 0.2) is 30.7 Å². The molecule has 0 bridgehead atoms. The summed E-state index contributed by atoms with van der Waals surface area (Å²) in [6.07, 6.45) is -1.29. The normalized spacial score (nSPS) is 16.4. The zero-order valence-electron chi connectivity index (χ0n) is 17.4. The van der Waals surface area contributed by atoms with Crippen LogP contribution in [0.2, 0.25) is 5.02 Å². The average Bonchev–Trinajstić information content (AvgIpc) is 3.15. The molecule has 0 aliphatic carbocycles. The number of halogens is 4. The Morgan fingerprint density at radius 1 is 1.19 bits per heavy atom. The molecule has 4 rings (SSSR count). The lowest BCUT2D eigenvalue weighted by molar-refractivity contribution is -0.137. The maximum absolute atomic E-state index is 13.0. The molecule has 1 aliphatic rings. The third kappa shape index (κ3) is 4.35. The standard InChI is InChI=1S/C20H21ClF3N7O/c1-12(19(32)28-16-9-13(20(22,23)24)3-4-15(16)21)30-5-7-31(8-6-30)18-14-10-27-29(2)17(14)25-11-26-18/h3-4,9-12H,5-8H2,1-2H3,(H,28,32)/t12-/m0/s1. The van der Waals surface area contributed by atoms with Gasteiger partial charge in [-0.15, -0.1) is 0 Å². The minimum Gasteiger partial charge on any atom is -0.353 e. The fourth-order valence-electron chi connectivity index (χ4n) is 3.72. The molecular weight excluding hydrogens is 447 g/mol. The van der Waals surface area contributed by atoms with E-state index < -0.39 is 23.7 Å². The molecule has 1 aromatic carbocycles. The van der Waals surface area contributed by atoms with Crippen LogP contribution in [0.3, 0.4) is 0 Å². The first kappa shape index (κ1) is 22.3. The second kappa shape index (κ2) is 8.55. The largest absolute Gasteiger partial charge is 0.416 e. The minimum atomic E-state index is -4.52. The van der Waals surface area contributed by atoms with Gasteiger partial charge >= 0.3 is 6.18 Å². The molecule has 1 saturated heterocycles. The third-order valence-corrected chi connectivity index (χ3v) is 5.93. The van der Waals surface area contributed by atoms with E-state index in [9.17, 15) is 18.0 Å². The van der Waals surface area contributed by atoms with Crippen LogP contribution < -0.4 is 10.2 Å². The van der Waals surface area contributed by atoms with E-state index >= 15 is 0 Å². The Morgan fingerprint density at radius 3 is 2.59 bits per heavy atom. The van der Waals surface area contributed by atoms with Gasteiger partial charge in [0.25, 0.3) is 0 Å². The highest BCUT2D eigenvalue weighted by Crippen LogP contribution is 2.34. The Balaban J connectivity index is 1.41. The Hall–Kier alpha value is -2.92. The summed E-state index contributed by atoms with van der Waals surface area (Å²) in [5.74, 6) is 0.368. The molecule has 1 aliphatic heterocycles. The van der Waals surface area contributed by atoms with Crippen molar-refractivity contribution >= 4 is 40.0 Å². The SMILES string of the molecule is C[C@@H](C(=O)Nc1cc(C(F)(F)F)ccc1Cl)N1CCN(c2ncnc3c2cnn3C)CC1. The van der Waals surface area contributed by atoms with E-state index in [0.29, 0.717) is 26.2 Å². The van der Waals surface area contributed by atoms with E-state index in [4.69, 9.17) is 11.6 Å². The number of hydrogen-bond donors (Lipinski definition) is 1. The van der Waals surface area contributed by atoms with Crippen molar-refractivity contribution in [3.8, 4) is 0 Å². The number of alkyl halides is 3. The van der Waals surface area contributed by atoms with E-state index in [-0.39, 0.29) is 10.7 Å². The Bertz CT molecular complexity index is 1140. The Morgan fingerprint density at radius 2 is 1.91 bits per heavy atom. The lowest BCUT2D eigenvalue weighted by Gasteiger charge is -2.38. The molecular formula is C20H21ClF3N7O. The fourth-order valence-corrected chi connectivity index (χ4v) is 3.89. The molecule has 3 aromatic rings. The van der Waals surface area contributed by atoms with Gasteiger partial charge in [-0.3, -0.25) is 14.4 Å². The summed E-state index contributed by atoms with van der Waals surface area (Å²) in [5, 5.41) is 7.66. The van der Waals surface area contributed by atoms with Crippen molar-refractivity contribution in [2.45, 2.75) is 19.1 Å². The van der Waals surface area contributed by atoms with Gasteiger partial charge in [-0.25, -0.2) is 9.97 Å². The topological polar surface area (TPSA) is 79.2 Å². The maximum atomic E-state index is 13.0. The summed E-state index contributed by atoms with van der Waals surface area (Å²) in [5.41, 5.74) is -0.190. The highest BCUT2D eigenvalue weighted by atomic mass is 35.5. The van der Waals surface area contributed by atoms with Crippen molar-refractivity contribution < 1.29 is 18.0 Å². The van der Waals surface area contributed by atoms with Crippen LogP contribution in [0.1, 0.15) is 12.5 Å². The molecule has 0 saturated carbocycles. The van der Waals surface area contributed by atoms with Gasteiger partial charge in [0, 0.05) is 33.2 Å². The van der Waals surface area contributed by atoms with Crippen LogP contribution in [0.4, 0.5) is 24.7 Å². The van der Waals surface area contributed by atoms with Gasteiger partial charge < -0.3 is 10.2 Å². The number of benzene rings is 1. The number of nitrogens with one attached hydrogen (secondary N) is 1. The molecule has 12 heteroatoms. The number of carbonyl (C=O) groups is 1. The molecule has 2 aromatic heterocycles. The minimum absolute atomic E-state index is 0.0487. The molecule has 32 heavy (non-hydrogen) atoms. The van der Waals surface area contributed by atoms with Crippen LogP contribution >= 0.6 is 11.6 Å². The van der Waals surface area contributed by atoms with E-state index in [2.05, 4.69) is 25.3 Å². The van der Waals surface area contributed by atoms with Crippen molar-refractivity contribution in [1.82, 2.24) is 24.6 Å². The van der Waals surface area contributed by atoms with Gasteiger partial charge in [0.05, 0.1) is 33.9 Å². The predicted molar refractivity (Wildman–Crippen MR) is 115 cm³/mol. The monoisotopic (exact) mass is 467 g/mol. The average molecular weight is 468 g/mol. The number of rotatable bonds is 4.